The van der Waals surface area contributed by atoms with Crippen molar-refractivity contribution in [3.63, 3.8) is 0 Å². The molecule has 0 unspecified atom stereocenters. The monoisotopic (exact) mass is 214 g/mol. The Labute approximate surface area is 94.4 Å². The van der Waals surface area contributed by atoms with Gasteiger partial charge in [-0.15, -0.1) is 0 Å². The average Bonchev–Trinajstić information content (AvgIpc) is 2.18. The zero-order valence-electron chi connectivity index (χ0n) is 10.7. The molecule has 90 valence electrons. The van der Waals surface area contributed by atoms with Crippen LogP contribution in [0.3, 0.4) is 0 Å². The molecule has 0 radical (unpaired) electrons. The molecule has 0 aromatic carbocycles. The van der Waals surface area contributed by atoms with Crippen molar-refractivity contribution >= 4 is 0 Å². The number of rotatable bonds is 5. The van der Waals surface area contributed by atoms with Crippen molar-refractivity contribution in [3.05, 3.63) is 0 Å². The Morgan fingerprint density at radius 3 is 2.33 bits per heavy atom. The Bertz CT molecular complexity index is 160. The van der Waals surface area contributed by atoms with Gasteiger partial charge in [-0.2, -0.15) is 0 Å². The van der Waals surface area contributed by atoms with E-state index in [1.807, 2.05) is 0 Å². The molecule has 0 aromatic rings. The molecule has 3 nitrogen and oxygen atoms in total. The molecule has 0 aliphatic carbocycles. The van der Waals surface area contributed by atoms with Gasteiger partial charge < -0.3 is 14.5 Å². The molecule has 1 heterocycles. The molecule has 0 N–H and O–H groups in total. The van der Waals surface area contributed by atoms with Crippen molar-refractivity contribution in [2.24, 2.45) is 0 Å². The topological polar surface area (TPSA) is 15.7 Å². The van der Waals surface area contributed by atoms with Crippen LogP contribution in [0.5, 0.6) is 0 Å². The first-order valence-corrected chi connectivity index (χ1v) is 6.10. The lowest BCUT2D eigenvalue weighted by molar-refractivity contribution is 0.0479. The largest absolute Gasteiger partial charge is 0.377 e. The molecule has 1 aliphatic heterocycles. The molecule has 1 aliphatic rings. The Morgan fingerprint density at radius 1 is 1.27 bits per heavy atom. The van der Waals surface area contributed by atoms with Gasteiger partial charge in [-0.25, -0.2) is 0 Å². The Balaban J connectivity index is 2.09. The van der Waals surface area contributed by atoms with Gasteiger partial charge in [-0.1, -0.05) is 0 Å². The van der Waals surface area contributed by atoms with Crippen LogP contribution in [-0.2, 0) is 4.74 Å². The minimum atomic E-state index is 0.365. The van der Waals surface area contributed by atoms with Crippen molar-refractivity contribution in [1.82, 2.24) is 9.80 Å². The highest BCUT2D eigenvalue weighted by molar-refractivity contribution is 4.76. The number of hydrogen-bond acceptors (Lipinski definition) is 3. The fraction of sp³-hybridized carbons (Fsp3) is 1.00. The van der Waals surface area contributed by atoms with E-state index in [4.69, 9.17) is 4.74 Å². The van der Waals surface area contributed by atoms with Crippen LogP contribution in [0.25, 0.3) is 0 Å². The molecule has 0 atom stereocenters. The summed E-state index contributed by atoms with van der Waals surface area (Å²) in [7, 11) is 4.37. The Hall–Kier alpha value is -0.120. The van der Waals surface area contributed by atoms with Gasteiger partial charge in [-0.3, -0.25) is 0 Å². The standard InChI is InChI=1S/C12H26N2O/c1-11(2)15-10-9-14-7-5-12(6-8-14)13(3)4/h11-12H,5-10H2,1-4H3. The fourth-order valence-corrected chi connectivity index (χ4v) is 2.08. The van der Waals surface area contributed by atoms with Gasteiger partial charge in [0.05, 0.1) is 12.7 Å². The van der Waals surface area contributed by atoms with Gasteiger partial charge in [0.1, 0.15) is 0 Å². The number of piperidine rings is 1. The van der Waals surface area contributed by atoms with Crippen LogP contribution in [-0.4, -0.2) is 62.3 Å². The lowest BCUT2D eigenvalue weighted by Gasteiger charge is -2.35. The molecule has 0 aromatic heterocycles. The van der Waals surface area contributed by atoms with Crippen molar-refractivity contribution in [2.75, 3.05) is 40.3 Å². The van der Waals surface area contributed by atoms with Crippen molar-refractivity contribution < 1.29 is 4.74 Å². The minimum Gasteiger partial charge on any atom is -0.377 e. The molecule has 1 saturated heterocycles. The highest BCUT2D eigenvalue weighted by Gasteiger charge is 2.19. The van der Waals surface area contributed by atoms with E-state index < -0.39 is 0 Å². The van der Waals surface area contributed by atoms with Gasteiger partial charge in [0, 0.05) is 12.6 Å². The summed E-state index contributed by atoms with van der Waals surface area (Å²) in [5, 5.41) is 0. The highest BCUT2D eigenvalue weighted by Crippen LogP contribution is 2.13. The second kappa shape index (κ2) is 6.46. The van der Waals surface area contributed by atoms with E-state index in [1.54, 1.807) is 0 Å². The van der Waals surface area contributed by atoms with E-state index in [0.29, 0.717) is 6.10 Å². The van der Waals surface area contributed by atoms with Gasteiger partial charge in [0.2, 0.25) is 0 Å². The fourth-order valence-electron chi connectivity index (χ4n) is 2.08. The number of likely N-dealkylation sites (tertiary alicyclic amines) is 1. The molecule has 1 rings (SSSR count). The van der Waals surface area contributed by atoms with Gasteiger partial charge in [0.25, 0.3) is 0 Å². The molecular weight excluding hydrogens is 188 g/mol. The second-order valence-electron chi connectivity index (χ2n) is 4.96. The smallest absolute Gasteiger partial charge is 0.0596 e. The third-order valence-corrected chi connectivity index (χ3v) is 3.15. The van der Waals surface area contributed by atoms with Gasteiger partial charge in [-0.05, 0) is 53.9 Å². The first kappa shape index (κ1) is 12.9. The summed E-state index contributed by atoms with van der Waals surface area (Å²) >= 11 is 0. The number of nitrogens with zero attached hydrogens (tertiary/aromatic N) is 2. The highest BCUT2D eigenvalue weighted by atomic mass is 16.5. The zero-order valence-corrected chi connectivity index (χ0v) is 10.7. The SMILES string of the molecule is CC(C)OCCN1CCC(N(C)C)CC1. The summed E-state index contributed by atoms with van der Waals surface area (Å²) in [5.74, 6) is 0. The summed E-state index contributed by atoms with van der Waals surface area (Å²) in [4.78, 5) is 4.87. The van der Waals surface area contributed by atoms with Crippen LogP contribution < -0.4 is 0 Å². The number of ether oxygens (including phenoxy) is 1. The third kappa shape index (κ3) is 4.96. The lowest BCUT2D eigenvalue weighted by atomic mass is 10.0. The maximum absolute atomic E-state index is 5.57. The van der Waals surface area contributed by atoms with E-state index >= 15 is 0 Å². The van der Waals surface area contributed by atoms with Crippen molar-refractivity contribution in [3.8, 4) is 0 Å². The quantitative estimate of drug-likeness (QED) is 0.689. The first-order chi connectivity index (χ1) is 7.09. The lowest BCUT2D eigenvalue weighted by Crippen LogP contribution is -2.43. The van der Waals surface area contributed by atoms with Crippen LogP contribution in [0.1, 0.15) is 26.7 Å². The predicted molar refractivity (Wildman–Crippen MR) is 64.2 cm³/mol. The Kier molecular flexibility index (Phi) is 5.58. The van der Waals surface area contributed by atoms with E-state index in [-0.39, 0.29) is 0 Å². The normalized spacial score (nSPS) is 20.4. The van der Waals surface area contributed by atoms with Crippen molar-refractivity contribution in [2.45, 2.75) is 38.8 Å². The third-order valence-electron chi connectivity index (χ3n) is 3.15. The molecule has 0 saturated carbocycles. The van der Waals surface area contributed by atoms with Crippen LogP contribution in [0.2, 0.25) is 0 Å². The van der Waals surface area contributed by atoms with Gasteiger partial charge >= 0.3 is 0 Å². The van der Waals surface area contributed by atoms with E-state index in [1.165, 1.54) is 25.9 Å². The minimum absolute atomic E-state index is 0.365. The molecule has 0 bridgehead atoms. The zero-order chi connectivity index (χ0) is 11.3. The van der Waals surface area contributed by atoms with Crippen LogP contribution >= 0.6 is 0 Å². The van der Waals surface area contributed by atoms with Crippen LogP contribution in [0.4, 0.5) is 0 Å². The number of hydrogen-bond donors (Lipinski definition) is 0. The summed E-state index contributed by atoms with van der Waals surface area (Å²) in [5.41, 5.74) is 0. The van der Waals surface area contributed by atoms with Gasteiger partial charge in [0.15, 0.2) is 0 Å². The maximum Gasteiger partial charge on any atom is 0.0596 e. The Morgan fingerprint density at radius 2 is 1.87 bits per heavy atom. The summed E-state index contributed by atoms with van der Waals surface area (Å²) < 4.78 is 5.57. The second-order valence-corrected chi connectivity index (χ2v) is 4.96. The molecule has 0 amide bonds. The summed E-state index contributed by atoms with van der Waals surface area (Å²) in [6.45, 7) is 8.62. The molecule has 0 spiro atoms. The molecule has 1 fully saturated rings. The van der Waals surface area contributed by atoms with E-state index in [0.717, 1.165) is 19.2 Å². The molecule has 3 heteroatoms. The predicted octanol–water partition coefficient (Wildman–Crippen LogP) is 1.44. The summed E-state index contributed by atoms with van der Waals surface area (Å²) in [6.07, 6.45) is 2.97. The van der Waals surface area contributed by atoms with Crippen molar-refractivity contribution in [1.29, 1.82) is 0 Å². The first-order valence-electron chi connectivity index (χ1n) is 6.10. The molecular formula is C12H26N2O. The average molecular weight is 214 g/mol. The van der Waals surface area contributed by atoms with Crippen LogP contribution in [0, 0.1) is 0 Å². The van der Waals surface area contributed by atoms with Crippen LogP contribution in [0.15, 0.2) is 0 Å². The van der Waals surface area contributed by atoms with E-state index in [9.17, 15) is 0 Å². The summed E-state index contributed by atoms with van der Waals surface area (Å²) in [6, 6.07) is 0.785. The molecule has 15 heavy (non-hydrogen) atoms. The van der Waals surface area contributed by atoms with E-state index in [2.05, 4.69) is 37.7 Å². The maximum atomic E-state index is 5.57.